The molecule has 0 bridgehead atoms. The van der Waals surface area contributed by atoms with Gasteiger partial charge < -0.3 is 14.6 Å². The van der Waals surface area contributed by atoms with Gasteiger partial charge in [-0.05, 0) is 19.9 Å². The fourth-order valence-corrected chi connectivity index (χ4v) is 0.828. The normalized spacial score (nSPS) is 10.0. The van der Waals surface area contributed by atoms with E-state index in [9.17, 15) is 4.79 Å². The van der Waals surface area contributed by atoms with E-state index in [0.29, 0.717) is 13.0 Å². The van der Waals surface area contributed by atoms with Gasteiger partial charge >= 0.3 is 7.05 Å². The molecule has 0 rings (SSSR count). The largest absolute Gasteiger partial charge is 0.437 e. The van der Waals surface area contributed by atoms with Crippen molar-refractivity contribution in [3.8, 4) is 0 Å². The molecule has 0 atom stereocenters. The zero-order valence-electron chi connectivity index (χ0n) is 6.58. The Hall–Kier alpha value is -0.345. The number of carbonyl (C=O) groups is 1. The van der Waals surface area contributed by atoms with Gasteiger partial charge in [0.2, 0.25) is 0 Å². The molecule has 0 heterocycles. The minimum absolute atomic E-state index is 0.440. The second kappa shape index (κ2) is 5.44. The fraction of sp³-hybridized carbons (Fsp3) is 0.833. The molecule has 0 aliphatic heterocycles. The minimum atomic E-state index is -0.440. The van der Waals surface area contributed by atoms with Gasteiger partial charge in [-0.2, -0.15) is 0 Å². The van der Waals surface area contributed by atoms with Crippen LogP contribution in [0, 0.1) is 0 Å². The Morgan fingerprint density at radius 3 is 2.60 bits per heavy atom. The van der Waals surface area contributed by atoms with Crippen LogP contribution in [0.25, 0.3) is 0 Å². The molecule has 0 radical (unpaired) electrons. The van der Waals surface area contributed by atoms with E-state index in [1.807, 2.05) is 11.7 Å². The molecule has 3 nitrogen and oxygen atoms in total. The van der Waals surface area contributed by atoms with E-state index in [4.69, 9.17) is 5.02 Å². The molecule has 0 fully saturated rings. The van der Waals surface area contributed by atoms with Crippen molar-refractivity contribution in [3.63, 3.8) is 0 Å². The molecule has 0 spiro atoms. The molecular weight excluding hydrogens is 129 g/mol. The third-order valence-electron chi connectivity index (χ3n) is 1.47. The molecule has 4 heteroatoms. The van der Waals surface area contributed by atoms with Crippen molar-refractivity contribution in [1.29, 1.82) is 0 Å². The first-order valence-electron chi connectivity index (χ1n) is 3.58. The summed E-state index contributed by atoms with van der Waals surface area (Å²) >= 11 is 0. The summed E-state index contributed by atoms with van der Waals surface area (Å²) in [5.74, 6) is 0. The Labute approximate surface area is 62.2 Å². The maximum Gasteiger partial charge on any atom is 0.376 e. The van der Waals surface area contributed by atoms with Crippen LogP contribution < -0.4 is 0 Å². The van der Waals surface area contributed by atoms with Gasteiger partial charge in [0.1, 0.15) is 6.29 Å². The molecule has 0 aromatic rings. The second-order valence-electron chi connectivity index (χ2n) is 2.22. The van der Waals surface area contributed by atoms with Crippen molar-refractivity contribution < 1.29 is 9.82 Å². The van der Waals surface area contributed by atoms with Crippen molar-refractivity contribution in [2.24, 2.45) is 0 Å². The molecule has 1 N–H and O–H groups in total. The number of hydrogen-bond donors (Lipinski definition) is 1. The van der Waals surface area contributed by atoms with Crippen LogP contribution in [0.3, 0.4) is 0 Å². The lowest BCUT2D eigenvalue weighted by Crippen LogP contribution is -2.37. The molecule has 0 aliphatic rings. The van der Waals surface area contributed by atoms with Crippen LogP contribution in [0.15, 0.2) is 0 Å². The van der Waals surface area contributed by atoms with E-state index in [2.05, 4.69) is 0 Å². The van der Waals surface area contributed by atoms with Gasteiger partial charge in [-0.25, -0.2) is 0 Å². The highest BCUT2D eigenvalue weighted by Crippen LogP contribution is 1.91. The molecule has 0 aliphatic carbocycles. The molecule has 0 aromatic carbocycles. The average Bonchev–Trinajstić information content (AvgIpc) is 1.89. The van der Waals surface area contributed by atoms with Crippen LogP contribution in [0.4, 0.5) is 0 Å². The van der Waals surface area contributed by atoms with Crippen LogP contribution in [0.2, 0.25) is 6.82 Å². The molecule has 0 saturated heterocycles. The molecule has 0 amide bonds. The van der Waals surface area contributed by atoms with Gasteiger partial charge in [0.15, 0.2) is 0 Å². The summed E-state index contributed by atoms with van der Waals surface area (Å²) in [5.41, 5.74) is 0. The molecular formula is C6H14BNO2. The van der Waals surface area contributed by atoms with Gasteiger partial charge in [0, 0.05) is 6.42 Å². The fourth-order valence-electron chi connectivity index (χ4n) is 0.828. The highest BCUT2D eigenvalue weighted by Gasteiger charge is 2.11. The first-order chi connectivity index (χ1) is 4.72. The van der Waals surface area contributed by atoms with Gasteiger partial charge in [0.05, 0.1) is 0 Å². The summed E-state index contributed by atoms with van der Waals surface area (Å²) in [6.07, 6.45) is 1.36. The van der Waals surface area contributed by atoms with E-state index in [1.165, 1.54) is 0 Å². The van der Waals surface area contributed by atoms with Crippen molar-refractivity contribution in [3.05, 3.63) is 0 Å². The molecule has 58 valence electrons. The van der Waals surface area contributed by atoms with E-state index in [0.717, 1.165) is 12.8 Å². The smallest absolute Gasteiger partial charge is 0.376 e. The van der Waals surface area contributed by atoms with Crippen molar-refractivity contribution >= 4 is 13.3 Å². The third kappa shape index (κ3) is 3.64. The Balaban J connectivity index is 3.49. The van der Waals surface area contributed by atoms with Crippen LogP contribution in [0.1, 0.15) is 13.3 Å². The number of hydrogen-bond acceptors (Lipinski definition) is 3. The number of rotatable bonds is 5. The van der Waals surface area contributed by atoms with Gasteiger partial charge in [-0.1, -0.05) is 6.92 Å². The predicted octanol–water partition coefficient (Wildman–Crippen LogP) is 0.00760. The lowest BCUT2D eigenvalue weighted by molar-refractivity contribution is -0.107. The summed E-state index contributed by atoms with van der Waals surface area (Å²) in [7, 11) is -0.440. The van der Waals surface area contributed by atoms with Crippen LogP contribution >= 0.6 is 0 Å². The van der Waals surface area contributed by atoms with E-state index >= 15 is 0 Å². The Kier molecular flexibility index (Phi) is 5.25. The topological polar surface area (TPSA) is 40.5 Å². The van der Waals surface area contributed by atoms with Crippen LogP contribution in [0.5, 0.6) is 0 Å². The van der Waals surface area contributed by atoms with Gasteiger partial charge in [-0.3, -0.25) is 0 Å². The minimum Gasteiger partial charge on any atom is -0.437 e. The Morgan fingerprint density at radius 2 is 2.30 bits per heavy atom. The predicted molar refractivity (Wildman–Crippen MR) is 41.8 cm³/mol. The monoisotopic (exact) mass is 143 g/mol. The lowest BCUT2D eigenvalue weighted by atomic mass is 9.85. The maximum atomic E-state index is 9.94. The summed E-state index contributed by atoms with van der Waals surface area (Å²) in [4.78, 5) is 11.8. The molecule has 10 heavy (non-hydrogen) atoms. The first-order valence-corrected chi connectivity index (χ1v) is 3.58. The van der Waals surface area contributed by atoms with Crippen molar-refractivity contribution in [1.82, 2.24) is 4.81 Å². The van der Waals surface area contributed by atoms with E-state index in [1.54, 1.807) is 6.82 Å². The SMILES string of the molecule is CCN(CCC=O)B(C)O. The molecule has 0 aromatic heterocycles. The maximum absolute atomic E-state index is 9.94. The summed E-state index contributed by atoms with van der Waals surface area (Å²) in [5, 5.41) is 9.05. The molecule has 0 unspecified atom stereocenters. The number of aldehydes is 1. The third-order valence-corrected chi connectivity index (χ3v) is 1.47. The summed E-state index contributed by atoms with van der Waals surface area (Å²) in [6.45, 7) is 5.09. The summed E-state index contributed by atoms with van der Waals surface area (Å²) < 4.78 is 0. The first kappa shape index (κ1) is 9.65. The van der Waals surface area contributed by atoms with E-state index in [-0.39, 0.29) is 0 Å². The van der Waals surface area contributed by atoms with Gasteiger partial charge in [0.25, 0.3) is 0 Å². The van der Waals surface area contributed by atoms with Crippen LogP contribution in [-0.4, -0.2) is 36.3 Å². The molecule has 0 saturated carbocycles. The Bertz CT molecular complexity index is 97.7. The van der Waals surface area contributed by atoms with E-state index < -0.39 is 7.05 Å². The number of nitrogens with zero attached hydrogens (tertiary/aromatic N) is 1. The lowest BCUT2D eigenvalue weighted by Gasteiger charge is -2.19. The highest BCUT2D eigenvalue weighted by molar-refractivity contribution is 6.45. The quantitative estimate of drug-likeness (QED) is 0.435. The zero-order chi connectivity index (χ0) is 7.98. The van der Waals surface area contributed by atoms with Crippen molar-refractivity contribution in [2.45, 2.75) is 20.2 Å². The number of carbonyl (C=O) groups excluding carboxylic acids is 1. The summed E-state index contributed by atoms with van der Waals surface area (Å²) in [6, 6.07) is 0. The Morgan fingerprint density at radius 1 is 1.70 bits per heavy atom. The highest BCUT2D eigenvalue weighted by atomic mass is 16.2. The average molecular weight is 143 g/mol. The zero-order valence-corrected chi connectivity index (χ0v) is 6.58. The second-order valence-corrected chi connectivity index (χ2v) is 2.22. The van der Waals surface area contributed by atoms with Crippen molar-refractivity contribution in [2.75, 3.05) is 13.1 Å². The van der Waals surface area contributed by atoms with Gasteiger partial charge in [-0.15, -0.1) is 0 Å². The van der Waals surface area contributed by atoms with Crippen LogP contribution in [-0.2, 0) is 4.79 Å². The standard InChI is InChI=1S/C6H14BNO2/c1-3-8(7(2)10)5-4-6-9/h6,10H,3-5H2,1-2H3.